The molecule has 3 rings (SSSR count). The van der Waals surface area contributed by atoms with Crippen molar-refractivity contribution in [3.8, 4) is 16.3 Å². The molecule has 6 nitrogen and oxygen atoms in total. The molecule has 7 heteroatoms. The number of rotatable bonds is 5. The minimum atomic E-state index is -0.0853. The Balaban J connectivity index is 1.73. The van der Waals surface area contributed by atoms with Crippen molar-refractivity contribution >= 4 is 17.2 Å². The molecule has 0 aliphatic carbocycles. The summed E-state index contributed by atoms with van der Waals surface area (Å²) in [6.07, 6.45) is 6.48. The van der Waals surface area contributed by atoms with Crippen molar-refractivity contribution in [2.45, 2.75) is 6.54 Å². The molecule has 0 saturated heterocycles. The number of nitrogens with zero attached hydrogens (tertiary/aromatic N) is 4. The van der Waals surface area contributed by atoms with E-state index in [0.717, 1.165) is 22.0 Å². The number of benzene rings is 1. The van der Waals surface area contributed by atoms with E-state index in [0.29, 0.717) is 11.4 Å². The Hall–Kier alpha value is -2.80. The van der Waals surface area contributed by atoms with Crippen molar-refractivity contribution in [3.63, 3.8) is 0 Å². The van der Waals surface area contributed by atoms with E-state index in [2.05, 4.69) is 15.0 Å². The molecule has 0 N–H and O–H groups in total. The van der Waals surface area contributed by atoms with Gasteiger partial charge < -0.3 is 9.64 Å². The summed E-state index contributed by atoms with van der Waals surface area (Å²) in [6.45, 7) is 0.405. The minimum absolute atomic E-state index is 0.0853. The van der Waals surface area contributed by atoms with E-state index >= 15 is 0 Å². The summed E-state index contributed by atoms with van der Waals surface area (Å²) in [5.74, 6) is 0.702. The molecule has 0 radical (unpaired) electrons. The van der Waals surface area contributed by atoms with Gasteiger partial charge in [-0.2, -0.15) is 0 Å². The number of ether oxygens (including phenoxy) is 1. The Bertz CT molecular complexity index is 818. The lowest BCUT2D eigenvalue weighted by Gasteiger charge is -2.14. The van der Waals surface area contributed by atoms with Crippen LogP contribution in [0.3, 0.4) is 0 Å². The molecule has 0 aliphatic rings. The summed E-state index contributed by atoms with van der Waals surface area (Å²) in [6, 6.07) is 7.60. The van der Waals surface area contributed by atoms with Crippen molar-refractivity contribution < 1.29 is 9.53 Å². The van der Waals surface area contributed by atoms with Crippen LogP contribution in [0.5, 0.6) is 5.75 Å². The van der Waals surface area contributed by atoms with Gasteiger partial charge in [0.15, 0.2) is 0 Å². The average molecular weight is 340 g/mol. The number of thiazole rings is 1. The standard InChI is InChI=1S/C17H16N4O2S/c1-21(11-13-9-18-7-8-19-13)17(22)15-10-20-16(24-15)12-3-5-14(23-2)6-4-12/h3-10H,11H2,1-2H3. The first-order valence-electron chi connectivity index (χ1n) is 7.28. The Morgan fingerprint density at radius 2 is 1.96 bits per heavy atom. The van der Waals surface area contributed by atoms with Crippen LogP contribution in [0.2, 0.25) is 0 Å². The van der Waals surface area contributed by atoms with Crippen LogP contribution in [0.1, 0.15) is 15.4 Å². The smallest absolute Gasteiger partial charge is 0.265 e. The first kappa shape index (κ1) is 16.1. The Morgan fingerprint density at radius 3 is 2.62 bits per heavy atom. The van der Waals surface area contributed by atoms with Crippen LogP contribution in [0.25, 0.3) is 10.6 Å². The molecule has 0 atom stereocenters. The van der Waals surface area contributed by atoms with Gasteiger partial charge in [0.2, 0.25) is 0 Å². The van der Waals surface area contributed by atoms with E-state index in [1.807, 2.05) is 24.3 Å². The lowest BCUT2D eigenvalue weighted by molar-refractivity contribution is 0.0788. The summed E-state index contributed by atoms with van der Waals surface area (Å²) in [5.41, 5.74) is 1.70. The minimum Gasteiger partial charge on any atom is -0.497 e. The highest BCUT2D eigenvalue weighted by molar-refractivity contribution is 7.16. The molecule has 2 aromatic heterocycles. The first-order chi connectivity index (χ1) is 11.7. The molecule has 122 valence electrons. The Kier molecular flexibility index (Phi) is 4.81. The van der Waals surface area contributed by atoms with Crippen molar-refractivity contribution in [2.75, 3.05) is 14.2 Å². The number of methoxy groups -OCH3 is 1. The molecule has 0 saturated carbocycles. The van der Waals surface area contributed by atoms with Crippen molar-refractivity contribution in [2.24, 2.45) is 0 Å². The third-order valence-corrected chi connectivity index (χ3v) is 4.45. The molecule has 0 fully saturated rings. The molecule has 0 aliphatic heterocycles. The SMILES string of the molecule is COc1ccc(-c2ncc(C(=O)N(C)Cc3cnccn3)s2)cc1. The van der Waals surface area contributed by atoms with Crippen LogP contribution in [0.4, 0.5) is 0 Å². The van der Waals surface area contributed by atoms with Crippen LogP contribution in [0, 0.1) is 0 Å². The Morgan fingerprint density at radius 1 is 1.17 bits per heavy atom. The van der Waals surface area contributed by atoms with Crippen LogP contribution in [0.15, 0.2) is 49.1 Å². The van der Waals surface area contributed by atoms with Gasteiger partial charge in [0.05, 0.1) is 31.7 Å². The van der Waals surface area contributed by atoms with E-state index < -0.39 is 0 Å². The second-order valence-electron chi connectivity index (χ2n) is 5.12. The fourth-order valence-electron chi connectivity index (χ4n) is 2.15. The number of hydrogen-bond acceptors (Lipinski definition) is 6. The van der Waals surface area contributed by atoms with Gasteiger partial charge in [-0.3, -0.25) is 14.8 Å². The van der Waals surface area contributed by atoms with E-state index in [1.54, 1.807) is 43.8 Å². The summed E-state index contributed by atoms with van der Waals surface area (Å²) in [7, 11) is 3.37. The molecule has 1 aromatic carbocycles. The van der Waals surface area contributed by atoms with Crippen molar-refractivity contribution in [1.29, 1.82) is 0 Å². The molecule has 0 spiro atoms. The maximum atomic E-state index is 12.5. The third-order valence-electron chi connectivity index (χ3n) is 3.42. The van der Waals surface area contributed by atoms with Gasteiger partial charge in [0.25, 0.3) is 5.91 Å². The molecule has 0 unspecified atom stereocenters. The maximum Gasteiger partial charge on any atom is 0.265 e. The summed E-state index contributed by atoms with van der Waals surface area (Å²) < 4.78 is 5.15. The maximum absolute atomic E-state index is 12.5. The number of aromatic nitrogens is 3. The molecular formula is C17H16N4O2S. The molecule has 24 heavy (non-hydrogen) atoms. The van der Waals surface area contributed by atoms with Gasteiger partial charge in [-0.1, -0.05) is 0 Å². The molecule has 3 aromatic rings. The lowest BCUT2D eigenvalue weighted by Crippen LogP contribution is -2.25. The van der Waals surface area contributed by atoms with Gasteiger partial charge in [0.1, 0.15) is 15.6 Å². The normalized spacial score (nSPS) is 10.4. The topological polar surface area (TPSA) is 68.2 Å². The van der Waals surface area contributed by atoms with Gasteiger partial charge in [0, 0.05) is 25.0 Å². The van der Waals surface area contributed by atoms with Crippen LogP contribution in [-0.4, -0.2) is 39.9 Å². The average Bonchev–Trinajstić information content (AvgIpc) is 3.12. The molecule has 2 heterocycles. The first-order valence-corrected chi connectivity index (χ1v) is 8.09. The number of carbonyl (C=O) groups is 1. The second kappa shape index (κ2) is 7.18. The predicted octanol–water partition coefficient (Wildman–Crippen LogP) is 2.88. The quantitative estimate of drug-likeness (QED) is 0.714. The lowest BCUT2D eigenvalue weighted by atomic mass is 10.2. The second-order valence-corrected chi connectivity index (χ2v) is 6.15. The fourth-order valence-corrected chi connectivity index (χ4v) is 3.07. The van der Waals surface area contributed by atoms with Crippen LogP contribution in [-0.2, 0) is 6.54 Å². The highest BCUT2D eigenvalue weighted by atomic mass is 32.1. The van der Waals surface area contributed by atoms with E-state index in [1.165, 1.54) is 11.3 Å². The number of hydrogen-bond donors (Lipinski definition) is 0. The van der Waals surface area contributed by atoms with Gasteiger partial charge in [-0.05, 0) is 24.3 Å². The molecule has 0 bridgehead atoms. The van der Waals surface area contributed by atoms with Gasteiger partial charge in [-0.25, -0.2) is 4.98 Å². The van der Waals surface area contributed by atoms with E-state index in [9.17, 15) is 4.79 Å². The number of carbonyl (C=O) groups excluding carboxylic acids is 1. The van der Waals surface area contributed by atoms with E-state index in [4.69, 9.17) is 4.74 Å². The van der Waals surface area contributed by atoms with Crippen LogP contribution < -0.4 is 4.74 Å². The zero-order chi connectivity index (χ0) is 16.9. The number of amides is 1. The zero-order valence-corrected chi connectivity index (χ0v) is 14.2. The zero-order valence-electron chi connectivity index (χ0n) is 13.3. The van der Waals surface area contributed by atoms with Gasteiger partial charge in [-0.15, -0.1) is 11.3 Å². The highest BCUT2D eigenvalue weighted by Crippen LogP contribution is 2.27. The monoisotopic (exact) mass is 340 g/mol. The molecular weight excluding hydrogens is 324 g/mol. The van der Waals surface area contributed by atoms with Crippen LogP contribution >= 0.6 is 11.3 Å². The van der Waals surface area contributed by atoms with Gasteiger partial charge >= 0.3 is 0 Å². The third kappa shape index (κ3) is 3.57. The summed E-state index contributed by atoms with van der Waals surface area (Å²) in [4.78, 5) is 27.3. The largest absolute Gasteiger partial charge is 0.497 e. The highest BCUT2D eigenvalue weighted by Gasteiger charge is 2.16. The summed E-state index contributed by atoms with van der Waals surface area (Å²) >= 11 is 1.37. The van der Waals surface area contributed by atoms with E-state index in [-0.39, 0.29) is 5.91 Å². The Labute approximate surface area is 143 Å². The van der Waals surface area contributed by atoms with Crippen molar-refractivity contribution in [3.05, 3.63) is 59.6 Å². The fraction of sp³-hybridized carbons (Fsp3) is 0.176. The molecule has 1 amide bonds. The van der Waals surface area contributed by atoms with Crippen molar-refractivity contribution in [1.82, 2.24) is 19.9 Å². The summed E-state index contributed by atoms with van der Waals surface area (Å²) in [5, 5.41) is 0.800. The predicted molar refractivity (Wildman–Crippen MR) is 91.9 cm³/mol.